The van der Waals surface area contributed by atoms with Crippen LogP contribution in [0.5, 0.6) is 0 Å². The van der Waals surface area contributed by atoms with E-state index in [0.29, 0.717) is 11.4 Å². The molecule has 28 heavy (non-hydrogen) atoms. The molecule has 0 aliphatic heterocycles. The predicted molar refractivity (Wildman–Crippen MR) is 117 cm³/mol. The molecule has 0 spiro atoms. The molecular weight excluding hydrogens is 486 g/mol. The number of imidazole rings is 1. The number of nitrogens with one attached hydrogen (secondary N) is 1. The highest BCUT2D eigenvalue weighted by molar-refractivity contribution is 9.10. The van der Waals surface area contributed by atoms with Crippen LogP contribution in [0.1, 0.15) is 0 Å². The fraction of sp³-hybridized carbons (Fsp3) is 0. The van der Waals surface area contributed by atoms with Crippen LogP contribution in [0, 0.1) is 10.1 Å². The Balaban J connectivity index is 1.89. The molecule has 7 heteroatoms. The van der Waals surface area contributed by atoms with E-state index in [1.807, 2.05) is 54.6 Å². The quantitative estimate of drug-likeness (QED) is 0.247. The number of hydrogen-bond donors (Lipinski definition) is 1. The van der Waals surface area contributed by atoms with E-state index in [2.05, 4.69) is 36.8 Å². The van der Waals surface area contributed by atoms with Crippen molar-refractivity contribution in [2.24, 2.45) is 0 Å². The topological polar surface area (TPSA) is 71.8 Å². The molecular formula is C21H13Br2N3O2. The van der Waals surface area contributed by atoms with Crippen molar-refractivity contribution in [1.29, 1.82) is 0 Å². The number of rotatable bonds is 4. The summed E-state index contributed by atoms with van der Waals surface area (Å²) in [5.41, 5.74) is 4.27. The summed E-state index contributed by atoms with van der Waals surface area (Å²) in [4.78, 5) is 18.9. The second-order valence-electron chi connectivity index (χ2n) is 6.13. The SMILES string of the molecule is O=[N+]([O-])c1cccc(-c2nc(-c3ccc(Br)cc3)c(-c3ccc(Br)cc3)[nH]2)c1. The third-order valence-electron chi connectivity index (χ3n) is 4.28. The van der Waals surface area contributed by atoms with E-state index >= 15 is 0 Å². The Morgan fingerprint density at radius 2 is 1.43 bits per heavy atom. The van der Waals surface area contributed by atoms with E-state index in [4.69, 9.17) is 4.98 Å². The van der Waals surface area contributed by atoms with Gasteiger partial charge in [-0.3, -0.25) is 10.1 Å². The van der Waals surface area contributed by atoms with Crippen LogP contribution in [0.15, 0.2) is 81.7 Å². The monoisotopic (exact) mass is 497 g/mol. The molecule has 4 rings (SSSR count). The molecule has 4 aromatic rings. The fourth-order valence-electron chi connectivity index (χ4n) is 2.92. The number of aromatic nitrogens is 2. The van der Waals surface area contributed by atoms with Gasteiger partial charge < -0.3 is 4.98 Å². The zero-order chi connectivity index (χ0) is 19.7. The third kappa shape index (κ3) is 3.76. The van der Waals surface area contributed by atoms with Crippen LogP contribution in [0.4, 0.5) is 5.69 Å². The summed E-state index contributed by atoms with van der Waals surface area (Å²) in [5.74, 6) is 0.583. The first-order valence-electron chi connectivity index (χ1n) is 8.38. The van der Waals surface area contributed by atoms with Gasteiger partial charge in [0.05, 0.1) is 16.3 Å². The van der Waals surface area contributed by atoms with Crippen molar-refractivity contribution < 1.29 is 4.92 Å². The molecule has 0 fully saturated rings. The van der Waals surface area contributed by atoms with E-state index in [1.54, 1.807) is 6.07 Å². The van der Waals surface area contributed by atoms with Crippen molar-refractivity contribution >= 4 is 37.5 Å². The Bertz CT molecular complexity index is 1090. The van der Waals surface area contributed by atoms with Crippen LogP contribution in [0.3, 0.4) is 0 Å². The van der Waals surface area contributed by atoms with Gasteiger partial charge in [0.1, 0.15) is 5.82 Å². The molecule has 5 nitrogen and oxygen atoms in total. The second kappa shape index (κ2) is 7.69. The zero-order valence-electron chi connectivity index (χ0n) is 14.4. The van der Waals surface area contributed by atoms with Gasteiger partial charge >= 0.3 is 0 Å². The highest BCUT2D eigenvalue weighted by Crippen LogP contribution is 2.34. The average molecular weight is 499 g/mol. The van der Waals surface area contributed by atoms with Gasteiger partial charge in [0, 0.05) is 37.8 Å². The van der Waals surface area contributed by atoms with Gasteiger partial charge in [0.15, 0.2) is 0 Å². The molecule has 0 atom stereocenters. The lowest BCUT2D eigenvalue weighted by atomic mass is 10.1. The molecule has 0 unspecified atom stereocenters. The minimum atomic E-state index is -0.405. The number of nitro groups is 1. The van der Waals surface area contributed by atoms with Gasteiger partial charge in [-0.25, -0.2) is 4.98 Å². The summed E-state index contributed by atoms with van der Waals surface area (Å²) in [7, 11) is 0. The largest absolute Gasteiger partial charge is 0.337 e. The van der Waals surface area contributed by atoms with Crippen LogP contribution in [-0.4, -0.2) is 14.9 Å². The van der Waals surface area contributed by atoms with Crippen LogP contribution < -0.4 is 0 Å². The lowest BCUT2D eigenvalue weighted by Crippen LogP contribution is -1.89. The van der Waals surface area contributed by atoms with Crippen molar-refractivity contribution in [1.82, 2.24) is 9.97 Å². The van der Waals surface area contributed by atoms with Crippen LogP contribution in [-0.2, 0) is 0 Å². The van der Waals surface area contributed by atoms with Crippen molar-refractivity contribution in [3.63, 3.8) is 0 Å². The maximum Gasteiger partial charge on any atom is 0.270 e. The standard InChI is InChI=1S/C21H13Br2N3O2/c22-16-8-4-13(5-9-16)19-20(14-6-10-17(23)11-7-14)25-21(24-19)15-2-1-3-18(12-15)26(27)28/h1-12H,(H,24,25). The molecule has 0 radical (unpaired) electrons. The number of H-pyrrole nitrogens is 1. The molecule has 0 amide bonds. The molecule has 0 aliphatic rings. The van der Waals surface area contributed by atoms with Gasteiger partial charge in [-0.2, -0.15) is 0 Å². The van der Waals surface area contributed by atoms with E-state index in [1.165, 1.54) is 12.1 Å². The zero-order valence-corrected chi connectivity index (χ0v) is 17.6. The fourth-order valence-corrected chi connectivity index (χ4v) is 3.45. The van der Waals surface area contributed by atoms with Crippen molar-refractivity contribution in [3.05, 3.63) is 91.9 Å². The molecule has 1 heterocycles. The Labute approximate surface area is 177 Å². The first kappa shape index (κ1) is 18.6. The number of nitro benzene ring substituents is 1. The molecule has 0 aliphatic carbocycles. The number of nitrogens with zero attached hydrogens (tertiary/aromatic N) is 2. The molecule has 1 N–H and O–H groups in total. The molecule has 0 bridgehead atoms. The number of halogens is 2. The van der Waals surface area contributed by atoms with Crippen LogP contribution in [0.2, 0.25) is 0 Å². The second-order valence-corrected chi connectivity index (χ2v) is 7.96. The highest BCUT2D eigenvalue weighted by atomic mass is 79.9. The van der Waals surface area contributed by atoms with E-state index in [0.717, 1.165) is 31.5 Å². The van der Waals surface area contributed by atoms with Gasteiger partial charge in [-0.1, -0.05) is 68.3 Å². The van der Waals surface area contributed by atoms with Gasteiger partial charge in [0.2, 0.25) is 0 Å². The van der Waals surface area contributed by atoms with Gasteiger partial charge in [0.25, 0.3) is 5.69 Å². The molecule has 1 aromatic heterocycles. The Morgan fingerprint density at radius 1 is 0.821 bits per heavy atom. The maximum absolute atomic E-state index is 11.1. The Hall–Kier alpha value is -2.77. The molecule has 0 saturated carbocycles. The van der Waals surface area contributed by atoms with Crippen LogP contribution in [0.25, 0.3) is 33.9 Å². The predicted octanol–water partition coefficient (Wildman–Crippen LogP) is 6.84. The smallest absolute Gasteiger partial charge is 0.270 e. The summed E-state index contributed by atoms with van der Waals surface area (Å²) in [6, 6.07) is 22.3. The van der Waals surface area contributed by atoms with E-state index in [-0.39, 0.29) is 5.69 Å². The number of hydrogen-bond acceptors (Lipinski definition) is 3. The Kier molecular flexibility index (Phi) is 5.11. The number of non-ortho nitro benzene ring substituents is 1. The maximum atomic E-state index is 11.1. The molecule has 3 aromatic carbocycles. The summed E-state index contributed by atoms with van der Waals surface area (Å²) in [6.45, 7) is 0. The first-order chi connectivity index (χ1) is 13.5. The Morgan fingerprint density at radius 3 is 2.04 bits per heavy atom. The van der Waals surface area contributed by atoms with E-state index < -0.39 is 4.92 Å². The minimum Gasteiger partial charge on any atom is -0.337 e. The minimum absolute atomic E-state index is 0.0317. The summed E-state index contributed by atoms with van der Waals surface area (Å²) in [5, 5.41) is 11.1. The van der Waals surface area contributed by atoms with Gasteiger partial charge in [-0.05, 0) is 24.3 Å². The third-order valence-corrected chi connectivity index (χ3v) is 5.34. The van der Waals surface area contributed by atoms with E-state index in [9.17, 15) is 10.1 Å². The summed E-state index contributed by atoms with van der Waals surface area (Å²) in [6.07, 6.45) is 0. The number of aromatic amines is 1. The van der Waals surface area contributed by atoms with Crippen molar-refractivity contribution in [3.8, 4) is 33.9 Å². The van der Waals surface area contributed by atoms with Gasteiger partial charge in [-0.15, -0.1) is 0 Å². The normalized spacial score (nSPS) is 10.8. The van der Waals surface area contributed by atoms with Crippen molar-refractivity contribution in [2.75, 3.05) is 0 Å². The highest BCUT2D eigenvalue weighted by Gasteiger charge is 2.17. The van der Waals surface area contributed by atoms with Crippen molar-refractivity contribution in [2.45, 2.75) is 0 Å². The number of benzene rings is 3. The molecule has 0 saturated heterocycles. The molecule has 138 valence electrons. The lowest BCUT2D eigenvalue weighted by Gasteiger charge is -2.04. The first-order valence-corrected chi connectivity index (χ1v) is 9.96. The van der Waals surface area contributed by atoms with Crippen LogP contribution >= 0.6 is 31.9 Å². The lowest BCUT2D eigenvalue weighted by molar-refractivity contribution is -0.384. The summed E-state index contributed by atoms with van der Waals surface area (Å²) < 4.78 is 1.97. The summed E-state index contributed by atoms with van der Waals surface area (Å²) >= 11 is 6.91. The average Bonchev–Trinajstić information content (AvgIpc) is 3.14.